The molecule has 2 atom stereocenters. The van der Waals surface area contributed by atoms with Crippen molar-refractivity contribution in [2.24, 2.45) is 5.92 Å². The quantitative estimate of drug-likeness (QED) is 0.855. The van der Waals surface area contributed by atoms with Gasteiger partial charge < -0.3 is 5.32 Å². The highest BCUT2D eigenvalue weighted by Gasteiger charge is 2.23. The summed E-state index contributed by atoms with van der Waals surface area (Å²) in [7, 11) is 0. The van der Waals surface area contributed by atoms with Crippen molar-refractivity contribution in [1.82, 2.24) is 10.3 Å². The molecule has 4 nitrogen and oxygen atoms in total. The van der Waals surface area contributed by atoms with Crippen molar-refractivity contribution in [1.29, 1.82) is 5.26 Å². The van der Waals surface area contributed by atoms with Crippen molar-refractivity contribution < 1.29 is 4.79 Å². The highest BCUT2D eigenvalue weighted by Crippen LogP contribution is 2.27. The Morgan fingerprint density at radius 2 is 2.00 bits per heavy atom. The van der Waals surface area contributed by atoms with Gasteiger partial charge in [-0.05, 0) is 50.7 Å². The first-order valence-corrected chi connectivity index (χ1v) is 9.22. The van der Waals surface area contributed by atoms with Crippen LogP contribution in [0.15, 0.2) is 5.03 Å². The molecule has 23 heavy (non-hydrogen) atoms. The fourth-order valence-corrected chi connectivity index (χ4v) is 3.96. The third-order valence-electron chi connectivity index (χ3n) is 4.87. The minimum Gasteiger partial charge on any atom is -0.352 e. The van der Waals surface area contributed by atoms with Gasteiger partial charge in [-0.25, -0.2) is 4.98 Å². The molecule has 5 heteroatoms. The number of pyridine rings is 1. The van der Waals surface area contributed by atoms with E-state index in [1.807, 2.05) is 20.8 Å². The molecule has 1 aliphatic rings. The topological polar surface area (TPSA) is 65.8 Å². The number of amides is 1. The first-order chi connectivity index (χ1) is 10.9. The van der Waals surface area contributed by atoms with Crippen molar-refractivity contribution in [2.45, 2.75) is 64.4 Å². The molecular formula is C18H25N3OS. The Bertz CT molecular complexity index is 636. The molecule has 1 aromatic heterocycles. The van der Waals surface area contributed by atoms with E-state index in [1.54, 1.807) is 0 Å². The lowest BCUT2D eigenvalue weighted by atomic mass is 9.86. The monoisotopic (exact) mass is 331 g/mol. The molecule has 1 aliphatic carbocycles. The van der Waals surface area contributed by atoms with Gasteiger partial charge in [-0.3, -0.25) is 4.79 Å². The van der Waals surface area contributed by atoms with E-state index >= 15 is 0 Å². The number of carbonyl (C=O) groups is 1. The Morgan fingerprint density at radius 3 is 2.65 bits per heavy atom. The Morgan fingerprint density at radius 1 is 1.30 bits per heavy atom. The zero-order valence-electron chi connectivity index (χ0n) is 14.4. The first kappa shape index (κ1) is 17.8. The molecule has 1 aromatic rings. The zero-order valence-corrected chi connectivity index (χ0v) is 15.2. The largest absolute Gasteiger partial charge is 0.352 e. The van der Waals surface area contributed by atoms with Gasteiger partial charge in [-0.15, -0.1) is 0 Å². The molecule has 0 bridgehead atoms. The predicted molar refractivity (Wildman–Crippen MR) is 93.4 cm³/mol. The van der Waals surface area contributed by atoms with Gasteiger partial charge in [0.25, 0.3) is 0 Å². The minimum absolute atomic E-state index is 0.0373. The van der Waals surface area contributed by atoms with Gasteiger partial charge in [0.1, 0.15) is 11.1 Å². The van der Waals surface area contributed by atoms with Crippen LogP contribution in [0.25, 0.3) is 0 Å². The molecule has 2 rings (SSSR count). The highest BCUT2D eigenvalue weighted by molar-refractivity contribution is 8.00. The standard InChI is InChI=1S/C18H25N3OS/c1-11-7-5-6-8-16(11)21-17(22)10-23-18-15(9-19)13(3)12(2)14(4)20-18/h11,16H,5-8,10H2,1-4H3,(H,21,22)/t11-,16-/m0/s1. The summed E-state index contributed by atoms with van der Waals surface area (Å²) in [6, 6.07) is 2.52. The van der Waals surface area contributed by atoms with E-state index in [4.69, 9.17) is 0 Å². The van der Waals surface area contributed by atoms with Gasteiger partial charge in [0.05, 0.1) is 11.3 Å². The number of aromatic nitrogens is 1. The van der Waals surface area contributed by atoms with Gasteiger partial charge in [0.15, 0.2) is 0 Å². The summed E-state index contributed by atoms with van der Waals surface area (Å²) >= 11 is 1.36. The average Bonchev–Trinajstić information content (AvgIpc) is 2.53. The second-order valence-electron chi connectivity index (χ2n) is 6.46. The normalized spacial score (nSPS) is 20.8. The number of thioether (sulfide) groups is 1. The Balaban J connectivity index is 2.00. The van der Waals surface area contributed by atoms with E-state index in [1.165, 1.54) is 31.0 Å². The second-order valence-corrected chi connectivity index (χ2v) is 7.43. The smallest absolute Gasteiger partial charge is 0.230 e. The molecule has 0 radical (unpaired) electrons. The molecule has 1 heterocycles. The highest BCUT2D eigenvalue weighted by atomic mass is 32.2. The lowest BCUT2D eigenvalue weighted by Gasteiger charge is -2.29. The lowest BCUT2D eigenvalue weighted by molar-refractivity contribution is -0.119. The van der Waals surface area contributed by atoms with E-state index < -0.39 is 0 Å². The fraction of sp³-hybridized carbons (Fsp3) is 0.611. The van der Waals surface area contributed by atoms with E-state index in [0.29, 0.717) is 28.3 Å². The van der Waals surface area contributed by atoms with Crippen LogP contribution in [0.3, 0.4) is 0 Å². The van der Waals surface area contributed by atoms with Crippen molar-refractivity contribution >= 4 is 17.7 Å². The number of rotatable bonds is 4. The number of hydrogen-bond donors (Lipinski definition) is 1. The van der Waals surface area contributed by atoms with Crippen LogP contribution in [0.4, 0.5) is 0 Å². The average molecular weight is 331 g/mol. The number of nitriles is 1. The van der Waals surface area contributed by atoms with Gasteiger partial charge in [0.2, 0.25) is 5.91 Å². The maximum Gasteiger partial charge on any atom is 0.230 e. The first-order valence-electron chi connectivity index (χ1n) is 8.24. The molecule has 1 amide bonds. The van der Waals surface area contributed by atoms with Crippen molar-refractivity contribution in [3.8, 4) is 6.07 Å². The fourth-order valence-electron chi connectivity index (χ4n) is 3.06. The summed E-state index contributed by atoms with van der Waals surface area (Å²) in [5, 5.41) is 13.2. The summed E-state index contributed by atoms with van der Waals surface area (Å²) in [4.78, 5) is 16.7. The molecule has 0 aliphatic heterocycles. The van der Waals surface area contributed by atoms with E-state index in [9.17, 15) is 10.1 Å². The number of nitrogens with zero attached hydrogens (tertiary/aromatic N) is 2. The number of carbonyl (C=O) groups excluding carboxylic acids is 1. The van der Waals surface area contributed by atoms with E-state index in [-0.39, 0.29) is 5.91 Å². The Labute approximate surface area is 143 Å². The van der Waals surface area contributed by atoms with E-state index in [2.05, 4.69) is 23.3 Å². The number of aryl methyl sites for hydroxylation is 1. The van der Waals surface area contributed by atoms with Gasteiger partial charge >= 0.3 is 0 Å². The van der Waals surface area contributed by atoms with Crippen molar-refractivity contribution in [2.75, 3.05) is 5.75 Å². The van der Waals surface area contributed by atoms with Crippen LogP contribution < -0.4 is 5.32 Å². The molecule has 0 aromatic carbocycles. The summed E-state index contributed by atoms with van der Waals surface area (Å²) in [6.45, 7) is 8.07. The van der Waals surface area contributed by atoms with Gasteiger partial charge in [0, 0.05) is 11.7 Å². The van der Waals surface area contributed by atoms with Crippen molar-refractivity contribution in [3.63, 3.8) is 0 Å². The maximum atomic E-state index is 12.2. The SMILES string of the molecule is Cc1nc(SCC(=O)N[C@H]2CCCC[C@@H]2C)c(C#N)c(C)c1C. The van der Waals surface area contributed by atoms with Crippen LogP contribution in [0.5, 0.6) is 0 Å². The van der Waals surface area contributed by atoms with Crippen LogP contribution >= 0.6 is 11.8 Å². The third-order valence-corrected chi connectivity index (χ3v) is 5.85. The zero-order chi connectivity index (χ0) is 17.0. The molecular weight excluding hydrogens is 306 g/mol. The van der Waals surface area contributed by atoms with Gasteiger partial charge in [-0.2, -0.15) is 5.26 Å². The van der Waals surface area contributed by atoms with Crippen LogP contribution in [0.1, 0.15) is 55.0 Å². The number of hydrogen-bond acceptors (Lipinski definition) is 4. The Kier molecular flexibility index (Phi) is 6.06. The second kappa shape index (κ2) is 7.83. The molecule has 1 N–H and O–H groups in total. The van der Waals surface area contributed by atoms with Crippen LogP contribution in [-0.4, -0.2) is 22.7 Å². The van der Waals surface area contributed by atoms with Crippen LogP contribution in [0.2, 0.25) is 0 Å². The minimum atomic E-state index is 0.0373. The van der Waals surface area contributed by atoms with Crippen molar-refractivity contribution in [3.05, 3.63) is 22.4 Å². The summed E-state index contributed by atoms with van der Waals surface area (Å²) in [6.07, 6.45) is 4.72. The Hall–Kier alpha value is -1.54. The van der Waals surface area contributed by atoms with Crippen LogP contribution in [0, 0.1) is 38.0 Å². The molecule has 1 fully saturated rings. The van der Waals surface area contributed by atoms with Gasteiger partial charge in [-0.1, -0.05) is 31.5 Å². The van der Waals surface area contributed by atoms with E-state index in [0.717, 1.165) is 23.2 Å². The summed E-state index contributed by atoms with van der Waals surface area (Å²) in [5.74, 6) is 0.900. The lowest BCUT2D eigenvalue weighted by Crippen LogP contribution is -2.41. The molecule has 1 saturated carbocycles. The molecule has 0 saturated heterocycles. The predicted octanol–water partition coefficient (Wildman–Crippen LogP) is 3.67. The maximum absolute atomic E-state index is 12.2. The summed E-state index contributed by atoms with van der Waals surface area (Å²) in [5.41, 5.74) is 3.53. The number of nitrogens with one attached hydrogen (secondary N) is 1. The summed E-state index contributed by atoms with van der Waals surface area (Å²) < 4.78 is 0. The molecule has 124 valence electrons. The third kappa shape index (κ3) is 4.26. The van der Waals surface area contributed by atoms with Crippen LogP contribution in [-0.2, 0) is 4.79 Å². The molecule has 0 unspecified atom stereocenters. The molecule has 0 spiro atoms.